The number of sulfone groups is 1. The summed E-state index contributed by atoms with van der Waals surface area (Å²) in [5, 5.41) is 1.93. The highest BCUT2D eigenvalue weighted by molar-refractivity contribution is 7.91. The minimum atomic E-state index is -3.96. The Kier molecular flexibility index (Phi) is 8.79. The van der Waals surface area contributed by atoms with E-state index in [2.05, 4.69) is 10.3 Å². The zero-order chi connectivity index (χ0) is 30.2. The number of ether oxygens (including phenoxy) is 1. The second kappa shape index (κ2) is 12.4. The van der Waals surface area contributed by atoms with Crippen LogP contribution >= 0.6 is 0 Å². The molecule has 3 saturated heterocycles. The maximum Gasteiger partial charge on any atom is 0.422 e. The summed E-state index contributed by atoms with van der Waals surface area (Å²) in [6.45, 7) is 5.41. The molecule has 1 saturated carbocycles. The Hall–Kier alpha value is -2.60. The molecule has 2 aromatic rings. The predicted molar refractivity (Wildman–Crippen MR) is 159 cm³/mol. The average Bonchev–Trinajstić information content (AvgIpc) is 3.53. The number of piperidine rings is 2. The number of hydrogen-bond donors (Lipinski definition) is 1. The fraction of sp³-hybridized carbons (Fsp3) is 0.594. The Labute approximate surface area is 253 Å². The van der Waals surface area contributed by atoms with Crippen molar-refractivity contribution in [1.29, 1.82) is 0 Å². The van der Waals surface area contributed by atoms with Crippen LogP contribution < -0.4 is 5.43 Å². The molecule has 8 nitrogen and oxygen atoms in total. The molecule has 0 aromatic heterocycles. The third-order valence-electron chi connectivity index (χ3n) is 9.83. The maximum absolute atomic E-state index is 14.4. The first kappa shape index (κ1) is 30.4. The standard InChI is InChI=1S/C32H42F2N4O4S/c1-23-10-11-27(21-28(23)34)43(40,41)22-38-29(24-6-4-7-25(33)20-24)8-5-9-30(38)32(14-15-32)42-31(39)35-37-18-12-26(13-19-37)36-16-2-3-17-36/h4,6-7,10-11,20-21,26,29-30H,2-3,5,8-9,12-19,22H2,1H3,(H,35,39)/t29?,30-/m1/s1. The quantitative estimate of drug-likeness (QED) is 0.429. The van der Waals surface area contributed by atoms with Gasteiger partial charge >= 0.3 is 6.09 Å². The van der Waals surface area contributed by atoms with Gasteiger partial charge in [-0.05, 0) is 113 Å². The third-order valence-corrected chi connectivity index (χ3v) is 11.4. The zero-order valence-electron chi connectivity index (χ0n) is 24.8. The molecule has 4 aliphatic rings. The number of hydrazine groups is 1. The lowest BCUT2D eigenvalue weighted by molar-refractivity contribution is -0.0303. The number of halogens is 2. The molecule has 3 heterocycles. The minimum Gasteiger partial charge on any atom is -0.440 e. The molecule has 0 radical (unpaired) electrons. The predicted octanol–water partition coefficient (Wildman–Crippen LogP) is 5.33. The molecule has 4 fully saturated rings. The first-order valence-corrected chi connectivity index (χ1v) is 17.3. The van der Waals surface area contributed by atoms with Crippen molar-refractivity contribution in [3.05, 3.63) is 65.2 Å². The van der Waals surface area contributed by atoms with Crippen molar-refractivity contribution in [2.75, 3.05) is 32.1 Å². The molecule has 1 N–H and O–H groups in total. The van der Waals surface area contributed by atoms with Gasteiger partial charge in [-0.2, -0.15) is 0 Å². The summed E-state index contributed by atoms with van der Waals surface area (Å²) in [6, 6.07) is 9.97. The largest absolute Gasteiger partial charge is 0.440 e. The highest BCUT2D eigenvalue weighted by atomic mass is 32.2. The number of aryl methyl sites for hydroxylation is 1. The first-order chi connectivity index (χ1) is 20.6. The highest BCUT2D eigenvalue weighted by Crippen LogP contribution is 2.51. The Bertz CT molecular complexity index is 1420. The summed E-state index contributed by atoms with van der Waals surface area (Å²) in [7, 11) is -3.96. The van der Waals surface area contributed by atoms with Crippen LogP contribution in [0.25, 0.3) is 0 Å². The molecule has 43 heavy (non-hydrogen) atoms. The molecule has 3 aliphatic heterocycles. The molecule has 11 heteroatoms. The van der Waals surface area contributed by atoms with Crippen LogP contribution in [0, 0.1) is 18.6 Å². The van der Waals surface area contributed by atoms with Gasteiger partial charge in [-0.1, -0.05) is 18.2 Å². The van der Waals surface area contributed by atoms with Gasteiger partial charge in [0.2, 0.25) is 0 Å². The molecule has 2 atom stereocenters. The number of nitrogens with one attached hydrogen (secondary N) is 1. The topological polar surface area (TPSA) is 82.2 Å². The SMILES string of the molecule is Cc1ccc(S(=O)(=O)CN2C(c3cccc(F)c3)CCC[C@@H]2C2(OC(=O)NN3CCC(N4CCCC4)CC3)CC2)cc1F. The molecule has 0 bridgehead atoms. The van der Waals surface area contributed by atoms with E-state index in [1.807, 2.05) is 9.91 Å². The van der Waals surface area contributed by atoms with Gasteiger partial charge < -0.3 is 9.64 Å². The van der Waals surface area contributed by atoms with Gasteiger partial charge in [0, 0.05) is 25.2 Å². The van der Waals surface area contributed by atoms with Crippen molar-refractivity contribution < 1.29 is 26.7 Å². The highest BCUT2D eigenvalue weighted by Gasteiger charge is 2.57. The monoisotopic (exact) mass is 616 g/mol. The number of benzene rings is 2. The number of likely N-dealkylation sites (tertiary alicyclic amines) is 2. The van der Waals surface area contributed by atoms with Crippen molar-refractivity contribution in [3.8, 4) is 0 Å². The summed E-state index contributed by atoms with van der Waals surface area (Å²) < 4.78 is 62.2. The van der Waals surface area contributed by atoms with E-state index in [1.54, 1.807) is 19.1 Å². The van der Waals surface area contributed by atoms with Crippen LogP contribution in [0.3, 0.4) is 0 Å². The van der Waals surface area contributed by atoms with Gasteiger partial charge in [0.05, 0.1) is 10.9 Å². The van der Waals surface area contributed by atoms with Gasteiger partial charge in [0.25, 0.3) is 0 Å². The van der Waals surface area contributed by atoms with Gasteiger partial charge in [0.15, 0.2) is 9.84 Å². The normalized spacial score (nSPS) is 25.5. The lowest BCUT2D eigenvalue weighted by Crippen LogP contribution is -2.55. The summed E-state index contributed by atoms with van der Waals surface area (Å²) in [4.78, 5) is 17.5. The van der Waals surface area contributed by atoms with Crippen LogP contribution in [0.1, 0.15) is 75.0 Å². The van der Waals surface area contributed by atoms with E-state index in [0.29, 0.717) is 42.9 Å². The first-order valence-electron chi connectivity index (χ1n) is 15.6. The zero-order valence-corrected chi connectivity index (χ0v) is 25.6. The van der Waals surface area contributed by atoms with Crippen molar-refractivity contribution in [2.24, 2.45) is 0 Å². The summed E-state index contributed by atoms with van der Waals surface area (Å²) in [5.74, 6) is -1.37. The van der Waals surface area contributed by atoms with Crippen LogP contribution in [-0.4, -0.2) is 79.1 Å². The number of amides is 1. The number of nitrogens with zero attached hydrogens (tertiary/aromatic N) is 3. The molecule has 234 valence electrons. The number of hydrogen-bond acceptors (Lipinski definition) is 7. The Morgan fingerprint density at radius 1 is 0.977 bits per heavy atom. The van der Waals surface area contributed by atoms with Crippen molar-refractivity contribution >= 4 is 15.9 Å². The average molecular weight is 617 g/mol. The molecular weight excluding hydrogens is 574 g/mol. The Balaban J connectivity index is 1.19. The van der Waals surface area contributed by atoms with Gasteiger partial charge in [0.1, 0.15) is 23.1 Å². The fourth-order valence-corrected chi connectivity index (χ4v) is 8.78. The summed E-state index contributed by atoms with van der Waals surface area (Å²) in [6.07, 6.45) is 7.27. The maximum atomic E-state index is 14.4. The third kappa shape index (κ3) is 6.74. The van der Waals surface area contributed by atoms with Gasteiger partial charge in [-0.25, -0.2) is 27.0 Å². The fourth-order valence-electron chi connectivity index (χ4n) is 7.32. The molecule has 1 unspecified atom stereocenters. The van der Waals surface area contributed by atoms with E-state index in [1.165, 1.54) is 37.1 Å². The summed E-state index contributed by atoms with van der Waals surface area (Å²) >= 11 is 0. The molecule has 1 aliphatic carbocycles. The van der Waals surface area contributed by atoms with Crippen LogP contribution in [0.4, 0.5) is 13.6 Å². The van der Waals surface area contributed by atoms with Crippen LogP contribution in [0.15, 0.2) is 47.4 Å². The second-order valence-corrected chi connectivity index (χ2v) is 14.7. The number of carbonyl (C=O) groups excluding carboxylic acids is 1. The van der Waals surface area contributed by atoms with E-state index in [-0.39, 0.29) is 10.9 Å². The van der Waals surface area contributed by atoms with Crippen molar-refractivity contribution in [1.82, 2.24) is 20.2 Å². The molecule has 6 rings (SSSR count). The molecule has 1 amide bonds. The summed E-state index contributed by atoms with van der Waals surface area (Å²) in [5.41, 5.74) is 3.15. The number of rotatable bonds is 8. The molecule has 2 aromatic carbocycles. The molecular formula is C32H42F2N4O4S. The molecule has 0 spiro atoms. The van der Waals surface area contributed by atoms with Gasteiger partial charge in [-0.3, -0.25) is 10.3 Å². The van der Waals surface area contributed by atoms with E-state index in [9.17, 15) is 22.0 Å². The van der Waals surface area contributed by atoms with Crippen LogP contribution in [-0.2, 0) is 14.6 Å². The van der Waals surface area contributed by atoms with Crippen molar-refractivity contribution in [2.45, 2.75) is 93.3 Å². The van der Waals surface area contributed by atoms with Crippen LogP contribution in [0.5, 0.6) is 0 Å². The van der Waals surface area contributed by atoms with Crippen LogP contribution in [0.2, 0.25) is 0 Å². The lowest BCUT2D eigenvalue weighted by atomic mass is 9.88. The van der Waals surface area contributed by atoms with E-state index < -0.39 is 45.1 Å². The van der Waals surface area contributed by atoms with E-state index in [0.717, 1.165) is 51.5 Å². The Morgan fingerprint density at radius 2 is 1.72 bits per heavy atom. The Morgan fingerprint density at radius 3 is 2.40 bits per heavy atom. The van der Waals surface area contributed by atoms with E-state index in [4.69, 9.17) is 4.74 Å². The lowest BCUT2D eigenvalue weighted by Gasteiger charge is -2.45. The van der Waals surface area contributed by atoms with Gasteiger partial charge in [-0.15, -0.1) is 0 Å². The number of carbonyl (C=O) groups is 1. The second-order valence-electron chi connectivity index (χ2n) is 12.7. The van der Waals surface area contributed by atoms with E-state index >= 15 is 0 Å². The van der Waals surface area contributed by atoms with Crippen molar-refractivity contribution in [3.63, 3.8) is 0 Å². The minimum absolute atomic E-state index is 0.0984. The smallest absolute Gasteiger partial charge is 0.422 e.